The quantitative estimate of drug-likeness (QED) is 0.434. The van der Waals surface area contributed by atoms with Crippen LogP contribution in [0.25, 0.3) is 11.8 Å². The number of unbranched alkanes of at least 4 members (excludes halogenated alkanes) is 1. The van der Waals surface area contributed by atoms with E-state index in [0.717, 1.165) is 62.2 Å². The number of aliphatic hydroxyl groups is 1. The zero-order valence-corrected chi connectivity index (χ0v) is 15.4. The second-order valence-corrected chi connectivity index (χ2v) is 6.94. The molecule has 1 saturated heterocycles. The average Bonchev–Trinajstić information content (AvgIpc) is 2.68. The maximum Gasteiger partial charge on any atom is 0.127 e. The molecule has 1 unspecified atom stereocenters. The highest BCUT2D eigenvalue weighted by atomic mass is 16.5. The molecule has 0 aromatic heterocycles. The molecule has 26 heavy (non-hydrogen) atoms. The number of aliphatic hydroxyl groups excluding tert-OH is 1. The fraction of sp³-hybridized carbons (Fsp3) is 0.391. The lowest BCUT2D eigenvalue weighted by Gasteiger charge is -2.29. The summed E-state index contributed by atoms with van der Waals surface area (Å²) in [4.78, 5) is 2.37. The number of benzene rings is 2. The third-order valence-electron chi connectivity index (χ3n) is 4.76. The minimum atomic E-state index is -0.140. The monoisotopic (exact) mass is 351 g/mol. The first-order valence-electron chi connectivity index (χ1n) is 9.66. The van der Waals surface area contributed by atoms with Crippen molar-refractivity contribution in [3.63, 3.8) is 0 Å². The van der Waals surface area contributed by atoms with Crippen molar-refractivity contribution in [1.29, 1.82) is 0 Å². The van der Waals surface area contributed by atoms with Crippen LogP contribution in [0.2, 0.25) is 0 Å². The molecule has 1 aliphatic rings. The molecule has 1 atom stereocenters. The molecule has 0 aliphatic carbocycles. The molecule has 1 aliphatic heterocycles. The van der Waals surface area contributed by atoms with Gasteiger partial charge < -0.3 is 14.7 Å². The van der Waals surface area contributed by atoms with Crippen molar-refractivity contribution in [2.45, 2.75) is 31.8 Å². The fourth-order valence-electron chi connectivity index (χ4n) is 3.37. The van der Waals surface area contributed by atoms with Crippen LogP contribution in [-0.4, -0.2) is 42.4 Å². The third kappa shape index (κ3) is 6.01. The van der Waals surface area contributed by atoms with Gasteiger partial charge in [-0.05, 0) is 50.4 Å². The Morgan fingerprint density at radius 3 is 2.50 bits per heavy atom. The maximum absolute atomic E-state index is 9.75. The first-order chi connectivity index (χ1) is 12.8. The van der Waals surface area contributed by atoms with Gasteiger partial charge in [-0.2, -0.15) is 0 Å². The van der Waals surface area contributed by atoms with E-state index in [2.05, 4.69) is 35.2 Å². The van der Waals surface area contributed by atoms with Gasteiger partial charge in [0.05, 0.1) is 12.7 Å². The highest BCUT2D eigenvalue weighted by Crippen LogP contribution is 2.20. The molecule has 0 amide bonds. The molecular formula is C23H29NO2. The van der Waals surface area contributed by atoms with Gasteiger partial charge >= 0.3 is 0 Å². The zero-order chi connectivity index (χ0) is 18.0. The molecule has 0 saturated carbocycles. The van der Waals surface area contributed by atoms with Gasteiger partial charge in [0.25, 0.3) is 0 Å². The number of hydrogen-bond donors (Lipinski definition) is 1. The van der Waals surface area contributed by atoms with Crippen LogP contribution in [0.1, 0.15) is 36.8 Å². The van der Waals surface area contributed by atoms with Crippen molar-refractivity contribution in [3.05, 3.63) is 71.8 Å². The minimum absolute atomic E-state index is 0.140. The molecule has 1 fully saturated rings. The Morgan fingerprint density at radius 2 is 1.77 bits per heavy atom. The van der Waals surface area contributed by atoms with E-state index in [1.165, 1.54) is 0 Å². The Kier molecular flexibility index (Phi) is 7.29. The number of likely N-dealkylation sites (tertiary alicyclic amines) is 1. The second-order valence-electron chi connectivity index (χ2n) is 6.94. The van der Waals surface area contributed by atoms with Gasteiger partial charge in [0.1, 0.15) is 5.76 Å². The molecule has 2 aromatic rings. The van der Waals surface area contributed by atoms with Crippen molar-refractivity contribution in [1.82, 2.24) is 4.90 Å². The summed E-state index contributed by atoms with van der Waals surface area (Å²) in [6.07, 6.45) is 6.14. The van der Waals surface area contributed by atoms with Crippen LogP contribution in [0, 0.1) is 0 Å². The summed E-state index contributed by atoms with van der Waals surface area (Å²) in [5.74, 6) is 0.921. The van der Waals surface area contributed by atoms with Crippen molar-refractivity contribution in [2.75, 3.05) is 26.2 Å². The van der Waals surface area contributed by atoms with E-state index < -0.39 is 0 Å². The highest BCUT2D eigenvalue weighted by Gasteiger charge is 2.16. The topological polar surface area (TPSA) is 32.7 Å². The fourth-order valence-corrected chi connectivity index (χ4v) is 3.37. The third-order valence-corrected chi connectivity index (χ3v) is 4.76. The Labute approximate surface area is 156 Å². The van der Waals surface area contributed by atoms with Crippen molar-refractivity contribution < 1.29 is 9.84 Å². The largest absolute Gasteiger partial charge is 0.493 e. The van der Waals surface area contributed by atoms with Gasteiger partial charge in [-0.1, -0.05) is 60.7 Å². The van der Waals surface area contributed by atoms with Gasteiger partial charge in [-0.3, -0.25) is 0 Å². The first-order valence-corrected chi connectivity index (χ1v) is 9.66. The van der Waals surface area contributed by atoms with E-state index in [0.29, 0.717) is 6.61 Å². The predicted molar refractivity (Wildman–Crippen MR) is 108 cm³/mol. The SMILES string of the molecule is OC1CCCN(CCCCOC(=Cc2ccccc2)c2ccccc2)C1. The molecule has 138 valence electrons. The minimum Gasteiger partial charge on any atom is -0.493 e. The van der Waals surface area contributed by atoms with Crippen LogP contribution in [-0.2, 0) is 4.74 Å². The molecule has 0 radical (unpaired) electrons. The van der Waals surface area contributed by atoms with Crippen LogP contribution in [0.4, 0.5) is 0 Å². The number of ether oxygens (including phenoxy) is 1. The molecule has 1 N–H and O–H groups in total. The lowest BCUT2D eigenvalue weighted by molar-refractivity contribution is 0.0691. The zero-order valence-electron chi connectivity index (χ0n) is 15.4. The Morgan fingerprint density at radius 1 is 1.04 bits per heavy atom. The summed E-state index contributed by atoms with van der Waals surface area (Å²) >= 11 is 0. The van der Waals surface area contributed by atoms with Gasteiger partial charge in [0.15, 0.2) is 0 Å². The first kappa shape index (κ1) is 18.7. The molecule has 1 heterocycles. The van der Waals surface area contributed by atoms with Crippen LogP contribution < -0.4 is 0 Å². The second kappa shape index (κ2) is 10.1. The molecule has 2 aromatic carbocycles. The Balaban J connectivity index is 1.51. The van der Waals surface area contributed by atoms with Crippen LogP contribution in [0.5, 0.6) is 0 Å². The van der Waals surface area contributed by atoms with E-state index in [9.17, 15) is 5.11 Å². The van der Waals surface area contributed by atoms with E-state index in [1.807, 2.05) is 36.4 Å². The van der Waals surface area contributed by atoms with Crippen molar-refractivity contribution in [2.24, 2.45) is 0 Å². The normalized spacial score (nSPS) is 18.7. The molecular weight excluding hydrogens is 322 g/mol. The summed E-state index contributed by atoms with van der Waals surface area (Å²) < 4.78 is 6.14. The number of β-amino-alcohol motifs (C(OH)–C–C–N with tert-alkyl or cyclic N) is 1. The van der Waals surface area contributed by atoms with Crippen LogP contribution >= 0.6 is 0 Å². The molecule has 0 bridgehead atoms. The van der Waals surface area contributed by atoms with Crippen molar-refractivity contribution >= 4 is 11.8 Å². The number of piperidine rings is 1. The highest BCUT2D eigenvalue weighted by molar-refractivity contribution is 5.77. The summed E-state index contributed by atoms with van der Waals surface area (Å²) in [6, 6.07) is 20.6. The molecule has 3 heteroatoms. The van der Waals surface area contributed by atoms with E-state index >= 15 is 0 Å². The van der Waals surface area contributed by atoms with Crippen LogP contribution in [0.3, 0.4) is 0 Å². The maximum atomic E-state index is 9.75. The average molecular weight is 351 g/mol. The van der Waals surface area contributed by atoms with E-state index in [1.54, 1.807) is 0 Å². The van der Waals surface area contributed by atoms with E-state index in [4.69, 9.17) is 4.74 Å². The lowest BCUT2D eigenvalue weighted by Crippen LogP contribution is -2.38. The summed E-state index contributed by atoms with van der Waals surface area (Å²) in [5, 5.41) is 9.75. The summed E-state index contributed by atoms with van der Waals surface area (Å²) in [6.45, 7) is 3.69. The van der Waals surface area contributed by atoms with Crippen molar-refractivity contribution in [3.8, 4) is 0 Å². The number of nitrogens with zero attached hydrogens (tertiary/aromatic N) is 1. The molecule has 3 rings (SSSR count). The lowest BCUT2D eigenvalue weighted by atomic mass is 10.1. The smallest absolute Gasteiger partial charge is 0.127 e. The molecule has 3 nitrogen and oxygen atoms in total. The molecule has 0 spiro atoms. The number of hydrogen-bond acceptors (Lipinski definition) is 3. The van der Waals surface area contributed by atoms with Gasteiger partial charge in [0, 0.05) is 12.1 Å². The summed E-state index contributed by atoms with van der Waals surface area (Å²) in [7, 11) is 0. The Bertz CT molecular complexity index is 669. The van der Waals surface area contributed by atoms with E-state index in [-0.39, 0.29) is 6.10 Å². The predicted octanol–water partition coefficient (Wildman–Crippen LogP) is 4.44. The Hall–Kier alpha value is -2.10. The van der Waals surface area contributed by atoms with Gasteiger partial charge in [0.2, 0.25) is 0 Å². The van der Waals surface area contributed by atoms with Gasteiger partial charge in [-0.15, -0.1) is 0 Å². The summed E-state index contributed by atoms with van der Waals surface area (Å²) in [5.41, 5.74) is 2.25. The standard InChI is InChI=1S/C23H29NO2/c25-22-14-9-16-24(19-22)15-7-8-17-26-23(21-12-5-2-6-13-21)18-20-10-3-1-4-11-20/h1-6,10-13,18,22,25H,7-9,14-17,19H2. The number of rotatable bonds is 8. The van der Waals surface area contributed by atoms with Crippen LogP contribution in [0.15, 0.2) is 60.7 Å². The van der Waals surface area contributed by atoms with Gasteiger partial charge in [-0.25, -0.2) is 0 Å².